The molecule has 0 aliphatic carbocycles. The second kappa shape index (κ2) is 12.0. The number of benzene rings is 2. The van der Waals surface area contributed by atoms with Crippen LogP contribution in [-0.4, -0.2) is 12.2 Å². The normalized spacial score (nSPS) is 8.88. The van der Waals surface area contributed by atoms with Crippen LogP contribution in [0.1, 0.15) is 0 Å². The maximum absolute atomic E-state index is 7.00. The number of aliphatic hydroxyl groups is 1. The number of aliphatic hydroxyl groups excluding tert-OH is 1. The van der Waals surface area contributed by atoms with Gasteiger partial charge in [0.25, 0.3) is 0 Å². The fraction of sp³-hybridized carbons (Fsp3) is 0.0435. The Labute approximate surface area is 160 Å². The zero-order chi connectivity index (χ0) is 17.0. The topological polar surface area (TPSA) is 20.2 Å². The number of hydrogen-bond donors (Lipinski definition) is 1. The summed E-state index contributed by atoms with van der Waals surface area (Å²) in [6.07, 6.45) is 0. The zero-order valence-electron chi connectivity index (χ0n) is 14.2. The Balaban J connectivity index is 0.000000334. The first kappa shape index (κ1) is 20.7. The summed E-state index contributed by atoms with van der Waals surface area (Å²) in [5.41, 5.74) is 5.15. The van der Waals surface area contributed by atoms with E-state index in [1.807, 2.05) is 30.3 Å². The summed E-state index contributed by atoms with van der Waals surface area (Å²) < 4.78 is 0. The minimum atomic E-state index is 0. The molecule has 1 nitrogen and oxygen atoms in total. The van der Waals surface area contributed by atoms with Crippen molar-refractivity contribution in [3.8, 4) is 22.3 Å². The van der Waals surface area contributed by atoms with Crippen LogP contribution in [-0.2, 0) is 17.1 Å². The molecule has 2 heteroatoms. The van der Waals surface area contributed by atoms with Crippen molar-refractivity contribution >= 4 is 0 Å². The molecule has 0 bridgehead atoms. The maximum Gasteiger partial charge on any atom is 0.0319 e. The first-order valence-corrected chi connectivity index (χ1v) is 7.93. The second-order valence-electron chi connectivity index (χ2n) is 5.05. The first-order chi connectivity index (χ1) is 11.9. The Morgan fingerprint density at radius 1 is 0.640 bits per heavy atom. The summed E-state index contributed by atoms with van der Waals surface area (Å²) in [5, 5.41) is 7.00. The molecule has 0 aliphatic rings. The molecule has 25 heavy (non-hydrogen) atoms. The third-order valence-electron chi connectivity index (χ3n) is 3.54. The zero-order valence-corrected chi connectivity index (χ0v) is 15.3. The molecule has 0 radical (unpaired) electrons. The first-order valence-electron chi connectivity index (χ1n) is 7.93. The van der Waals surface area contributed by atoms with Gasteiger partial charge in [0.05, 0.1) is 0 Å². The monoisotopic (exact) mass is 370 g/mol. The minimum absolute atomic E-state index is 0. The standard InChI is InChI=1S/C17H13.C5H5.CH4O.Fe/c1-3-8-14(9-4-1)16-12-7-13-17(16)15-10-5-2-6-11-15;1-2-4-5-3-1;1-2;/h1-13H;1-5H;2H,1H3;/q-1;-5;;. The van der Waals surface area contributed by atoms with E-state index in [0.29, 0.717) is 0 Å². The van der Waals surface area contributed by atoms with Gasteiger partial charge < -0.3 is 35.4 Å². The van der Waals surface area contributed by atoms with Crippen LogP contribution in [0, 0.1) is 0 Å². The molecule has 0 amide bonds. The van der Waals surface area contributed by atoms with Crippen molar-refractivity contribution < 1.29 is 22.2 Å². The predicted octanol–water partition coefficient (Wildman–Crippen LogP) is 5.75. The van der Waals surface area contributed by atoms with E-state index in [0.717, 1.165) is 7.11 Å². The van der Waals surface area contributed by atoms with Crippen LogP contribution >= 0.6 is 0 Å². The fourth-order valence-corrected chi connectivity index (χ4v) is 2.48. The van der Waals surface area contributed by atoms with Gasteiger partial charge in [-0.25, -0.2) is 0 Å². The molecule has 0 spiro atoms. The largest absolute Gasteiger partial charge is 0.748 e. The molecule has 0 saturated carbocycles. The number of hydrogen-bond acceptors (Lipinski definition) is 1. The molecule has 0 fully saturated rings. The molecule has 4 aromatic rings. The Bertz CT molecular complexity index is 700. The summed E-state index contributed by atoms with van der Waals surface area (Å²) in [7, 11) is 1.00. The van der Waals surface area contributed by atoms with Gasteiger partial charge in [-0.05, 0) is 0 Å². The quantitative estimate of drug-likeness (QED) is 0.352. The van der Waals surface area contributed by atoms with E-state index in [-0.39, 0.29) is 17.1 Å². The van der Waals surface area contributed by atoms with Crippen LogP contribution in [0.3, 0.4) is 0 Å². The minimum Gasteiger partial charge on any atom is -0.748 e. The fourth-order valence-electron chi connectivity index (χ4n) is 2.48. The van der Waals surface area contributed by atoms with Crippen LogP contribution < -0.4 is 0 Å². The molecular weight excluding hydrogens is 348 g/mol. The van der Waals surface area contributed by atoms with Crippen molar-refractivity contribution in [1.29, 1.82) is 0 Å². The average Bonchev–Trinajstić information content (AvgIpc) is 3.39. The summed E-state index contributed by atoms with van der Waals surface area (Å²) in [6.45, 7) is 0. The van der Waals surface area contributed by atoms with Crippen molar-refractivity contribution in [1.82, 2.24) is 0 Å². The molecule has 134 valence electrons. The van der Waals surface area contributed by atoms with E-state index in [4.69, 9.17) is 5.11 Å². The number of rotatable bonds is 2. The van der Waals surface area contributed by atoms with Crippen LogP contribution in [0.2, 0.25) is 0 Å². The molecule has 0 aliphatic heterocycles. The van der Waals surface area contributed by atoms with Gasteiger partial charge in [-0.15, -0.1) is 35.9 Å². The third kappa shape index (κ3) is 6.21. The molecular formula is C23H22FeO-6. The second-order valence-corrected chi connectivity index (χ2v) is 5.05. The van der Waals surface area contributed by atoms with Crippen molar-refractivity contribution in [3.05, 3.63) is 109 Å². The van der Waals surface area contributed by atoms with Crippen molar-refractivity contribution in [2.24, 2.45) is 0 Å². The summed E-state index contributed by atoms with van der Waals surface area (Å²) in [5.74, 6) is 0. The summed E-state index contributed by atoms with van der Waals surface area (Å²) >= 11 is 0. The van der Waals surface area contributed by atoms with E-state index in [9.17, 15) is 0 Å². The molecule has 4 rings (SSSR count). The van der Waals surface area contributed by atoms with E-state index in [1.54, 1.807) is 0 Å². The van der Waals surface area contributed by atoms with Gasteiger partial charge in [-0.3, -0.25) is 0 Å². The molecule has 1 N–H and O–H groups in total. The summed E-state index contributed by atoms with van der Waals surface area (Å²) in [4.78, 5) is 0. The average molecular weight is 370 g/mol. The Morgan fingerprint density at radius 2 is 1.12 bits per heavy atom. The SMILES string of the molecule is CO.[Fe].[cH-]1[cH-][cH-][cH-][cH-]1.c1ccc(-c2ccc[c-]2-c2ccccc2)cc1. The maximum atomic E-state index is 7.00. The molecule has 4 aromatic carbocycles. The predicted molar refractivity (Wildman–Crippen MR) is 103 cm³/mol. The van der Waals surface area contributed by atoms with Crippen LogP contribution in [0.15, 0.2) is 109 Å². The van der Waals surface area contributed by atoms with E-state index < -0.39 is 0 Å². The van der Waals surface area contributed by atoms with Gasteiger partial charge in [0, 0.05) is 24.2 Å². The van der Waals surface area contributed by atoms with Gasteiger partial charge in [-0.2, -0.15) is 0 Å². The van der Waals surface area contributed by atoms with Crippen LogP contribution in [0.5, 0.6) is 0 Å². The van der Waals surface area contributed by atoms with Crippen molar-refractivity contribution in [2.45, 2.75) is 0 Å². The third-order valence-corrected chi connectivity index (χ3v) is 3.54. The van der Waals surface area contributed by atoms with Gasteiger partial charge in [-0.1, -0.05) is 65.2 Å². The van der Waals surface area contributed by atoms with Crippen molar-refractivity contribution in [2.75, 3.05) is 7.11 Å². The Kier molecular flexibility index (Phi) is 9.96. The Hall–Kier alpha value is -2.38. The van der Waals surface area contributed by atoms with Crippen molar-refractivity contribution in [3.63, 3.8) is 0 Å². The van der Waals surface area contributed by atoms with Gasteiger partial charge in [0.2, 0.25) is 0 Å². The smallest absolute Gasteiger partial charge is 0.0319 e. The van der Waals surface area contributed by atoms with Crippen LogP contribution in [0.25, 0.3) is 22.3 Å². The van der Waals surface area contributed by atoms with Crippen LogP contribution in [0.4, 0.5) is 0 Å². The molecule has 0 atom stereocenters. The van der Waals surface area contributed by atoms with E-state index in [2.05, 4.69) is 78.9 Å². The molecule has 0 unspecified atom stereocenters. The van der Waals surface area contributed by atoms with Gasteiger partial charge in [0.1, 0.15) is 0 Å². The van der Waals surface area contributed by atoms with E-state index >= 15 is 0 Å². The van der Waals surface area contributed by atoms with E-state index in [1.165, 1.54) is 22.3 Å². The van der Waals surface area contributed by atoms with Gasteiger partial charge in [0.15, 0.2) is 0 Å². The molecule has 0 saturated heterocycles. The molecule has 0 heterocycles. The Morgan fingerprint density at radius 3 is 1.64 bits per heavy atom. The summed E-state index contributed by atoms with van der Waals surface area (Å²) in [6, 6.07) is 37.5. The molecule has 0 aromatic heterocycles. The van der Waals surface area contributed by atoms with Gasteiger partial charge >= 0.3 is 0 Å².